The number of aliphatic hydroxyl groups excluding tert-OH is 1. The van der Waals surface area contributed by atoms with Gasteiger partial charge in [0.2, 0.25) is 0 Å². The molecular formula is C14H19F3N2O. The number of nitrogens with zero attached hydrogens (tertiary/aromatic N) is 2. The van der Waals surface area contributed by atoms with Crippen LogP contribution in [-0.4, -0.2) is 34.2 Å². The number of likely N-dealkylation sites (tertiary alicyclic amines) is 1. The first-order chi connectivity index (χ1) is 9.52. The van der Waals surface area contributed by atoms with Gasteiger partial charge < -0.3 is 5.11 Å². The number of aromatic nitrogens is 1. The van der Waals surface area contributed by atoms with Crippen molar-refractivity contribution in [1.82, 2.24) is 9.88 Å². The summed E-state index contributed by atoms with van der Waals surface area (Å²) < 4.78 is 38.8. The Bertz CT molecular complexity index is 435. The van der Waals surface area contributed by atoms with Gasteiger partial charge >= 0.3 is 6.18 Å². The van der Waals surface area contributed by atoms with Gasteiger partial charge in [0.15, 0.2) is 0 Å². The van der Waals surface area contributed by atoms with E-state index in [9.17, 15) is 13.2 Å². The van der Waals surface area contributed by atoms with E-state index in [4.69, 9.17) is 5.11 Å². The van der Waals surface area contributed by atoms with Gasteiger partial charge in [-0.1, -0.05) is 6.42 Å². The van der Waals surface area contributed by atoms with E-state index < -0.39 is 11.7 Å². The molecule has 0 saturated carbocycles. The first-order valence-electron chi connectivity index (χ1n) is 6.88. The Hall–Kier alpha value is -1.14. The lowest BCUT2D eigenvalue weighted by Crippen LogP contribution is -2.40. The highest BCUT2D eigenvalue weighted by molar-refractivity contribution is 5.23. The van der Waals surface area contributed by atoms with Crippen molar-refractivity contribution in [3.8, 4) is 0 Å². The summed E-state index contributed by atoms with van der Waals surface area (Å²) in [6.45, 7) is 1.02. The first kappa shape index (κ1) is 15.3. The van der Waals surface area contributed by atoms with Crippen LogP contribution in [0.15, 0.2) is 18.3 Å². The lowest BCUT2D eigenvalue weighted by atomic mass is 9.99. The van der Waals surface area contributed by atoms with E-state index in [0.29, 0.717) is 6.42 Å². The van der Waals surface area contributed by atoms with Gasteiger partial charge in [0.05, 0.1) is 11.3 Å². The van der Waals surface area contributed by atoms with Crippen LogP contribution in [0.2, 0.25) is 0 Å². The molecule has 1 atom stereocenters. The maximum atomic E-state index is 12.9. The van der Waals surface area contributed by atoms with Crippen molar-refractivity contribution in [2.45, 2.75) is 44.4 Å². The second-order valence-corrected chi connectivity index (χ2v) is 5.13. The van der Waals surface area contributed by atoms with Crippen molar-refractivity contribution in [3.05, 3.63) is 29.6 Å². The Morgan fingerprint density at radius 3 is 2.85 bits per heavy atom. The molecular weight excluding hydrogens is 269 g/mol. The van der Waals surface area contributed by atoms with Crippen molar-refractivity contribution < 1.29 is 18.3 Å². The minimum atomic E-state index is -4.37. The Morgan fingerprint density at radius 2 is 2.15 bits per heavy atom. The highest BCUT2D eigenvalue weighted by Gasteiger charge is 2.35. The average molecular weight is 288 g/mol. The molecule has 0 aromatic carbocycles. The summed E-state index contributed by atoms with van der Waals surface area (Å²) in [5.41, 5.74) is -0.585. The van der Waals surface area contributed by atoms with Crippen molar-refractivity contribution in [2.24, 2.45) is 0 Å². The fourth-order valence-electron chi connectivity index (χ4n) is 2.76. The largest absolute Gasteiger partial charge is 0.418 e. The molecule has 1 aromatic rings. The number of rotatable bonds is 4. The van der Waals surface area contributed by atoms with Crippen LogP contribution in [0.1, 0.15) is 36.9 Å². The number of aliphatic hydroxyl groups is 1. The molecule has 0 radical (unpaired) electrons. The second-order valence-electron chi connectivity index (χ2n) is 5.13. The lowest BCUT2D eigenvalue weighted by Gasteiger charge is -2.35. The topological polar surface area (TPSA) is 36.4 Å². The maximum Gasteiger partial charge on any atom is 0.418 e. The summed E-state index contributed by atoms with van der Waals surface area (Å²) in [5.74, 6) is 0. The van der Waals surface area contributed by atoms with Crippen LogP contribution >= 0.6 is 0 Å². The molecule has 1 N–H and O–H groups in total. The fourth-order valence-corrected chi connectivity index (χ4v) is 2.76. The molecule has 2 rings (SSSR count). The predicted octanol–water partition coefficient (Wildman–Crippen LogP) is 2.84. The van der Waals surface area contributed by atoms with E-state index in [0.717, 1.165) is 31.9 Å². The fraction of sp³-hybridized carbons (Fsp3) is 0.643. The SMILES string of the molecule is OCCC1CCCCN1Cc1ncccc1C(F)(F)F. The van der Waals surface area contributed by atoms with Crippen molar-refractivity contribution in [1.29, 1.82) is 0 Å². The van der Waals surface area contributed by atoms with Gasteiger partial charge in [-0.05, 0) is 37.9 Å². The quantitative estimate of drug-likeness (QED) is 0.925. The van der Waals surface area contributed by atoms with Crippen LogP contribution in [0, 0.1) is 0 Å². The third-order valence-electron chi connectivity index (χ3n) is 3.76. The summed E-state index contributed by atoms with van der Waals surface area (Å²) in [5, 5.41) is 9.06. The number of halogens is 3. The number of piperidine rings is 1. The van der Waals surface area contributed by atoms with Gasteiger partial charge in [-0.25, -0.2) is 0 Å². The molecule has 0 spiro atoms. The van der Waals surface area contributed by atoms with Gasteiger partial charge in [-0.2, -0.15) is 13.2 Å². The number of alkyl halides is 3. The zero-order valence-corrected chi connectivity index (χ0v) is 11.2. The van der Waals surface area contributed by atoms with E-state index in [1.54, 1.807) is 0 Å². The van der Waals surface area contributed by atoms with Gasteiger partial charge in [0.1, 0.15) is 0 Å². The van der Waals surface area contributed by atoms with Crippen LogP contribution in [0.4, 0.5) is 13.2 Å². The summed E-state index contributed by atoms with van der Waals surface area (Å²) in [6, 6.07) is 2.54. The average Bonchev–Trinajstić information content (AvgIpc) is 2.41. The zero-order chi connectivity index (χ0) is 14.6. The second kappa shape index (κ2) is 6.54. The highest BCUT2D eigenvalue weighted by Crippen LogP contribution is 2.32. The molecule has 20 heavy (non-hydrogen) atoms. The van der Waals surface area contributed by atoms with Crippen LogP contribution in [0.5, 0.6) is 0 Å². The third kappa shape index (κ3) is 3.70. The molecule has 6 heteroatoms. The van der Waals surface area contributed by atoms with Crippen LogP contribution < -0.4 is 0 Å². The molecule has 2 heterocycles. The molecule has 1 unspecified atom stereocenters. The lowest BCUT2D eigenvalue weighted by molar-refractivity contribution is -0.138. The molecule has 0 bridgehead atoms. The van der Waals surface area contributed by atoms with Crippen LogP contribution in [0.25, 0.3) is 0 Å². The predicted molar refractivity (Wildman–Crippen MR) is 69.0 cm³/mol. The Balaban J connectivity index is 2.16. The molecule has 1 aliphatic heterocycles. The van der Waals surface area contributed by atoms with E-state index in [1.165, 1.54) is 12.3 Å². The van der Waals surface area contributed by atoms with Crippen molar-refractivity contribution in [2.75, 3.05) is 13.2 Å². The number of hydrogen-bond donors (Lipinski definition) is 1. The van der Waals surface area contributed by atoms with Crippen LogP contribution in [0.3, 0.4) is 0 Å². The normalized spacial score (nSPS) is 21.1. The Kier molecular flexibility index (Phi) is 4.99. The van der Waals surface area contributed by atoms with Crippen molar-refractivity contribution in [3.63, 3.8) is 0 Å². The molecule has 1 aromatic heterocycles. The molecule has 1 aliphatic rings. The molecule has 0 amide bonds. The summed E-state index contributed by atoms with van der Waals surface area (Å²) >= 11 is 0. The van der Waals surface area contributed by atoms with Crippen molar-refractivity contribution >= 4 is 0 Å². The molecule has 1 saturated heterocycles. The molecule has 0 aliphatic carbocycles. The standard InChI is InChI=1S/C14H19F3N2O/c15-14(16,17)12-5-3-7-18-13(12)10-19-8-2-1-4-11(19)6-9-20/h3,5,7,11,20H,1-2,4,6,8-10H2. The summed E-state index contributed by atoms with van der Waals surface area (Å²) in [4.78, 5) is 5.92. The van der Waals surface area contributed by atoms with Gasteiger partial charge in [0.25, 0.3) is 0 Å². The van der Waals surface area contributed by atoms with E-state index in [1.807, 2.05) is 4.90 Å². The maximum absolute atomic E-state index is 12.9. The summed E-state index contributed by atoms with van der Waals surface area (Å²) in [7, 11) is 0. The number of pyridine rings is 1. The smallest absolute Gasteiger partial charge is 0.396 e. The van der Waals surface area contributed by atoms with E-state index in [-0.39, 0.29) is 24.9 Å². The summed E-state index contributed by atoms with van der Waals surface area (Å²) in [6.07, 6.45) is 0.607. The molecule has 3 nitrogen and oxygen atoms in total. The number of hydrogen-bond acceptors (Lipinski definition) is 3. The Labute approximate surface area is 116 Å². The van der Waals surface area contributed by atoms with Gasteiger partial charge in [-0.3, -0.25) is 9.88 Å². The van der Waals surface area contributed by atoms with E-state index in [2.05, 4.69) is 4.98 Å². The van der Waals surface area contributed by atoms with Gasteiger partial charge in [-0.15, -0.1) is 0 Å². The minimum absolute atomic E-state index is 0.0650. The third-order valence-corrected chi connectivity index (χ3v) is 3.76. The molecule has 112 valence electrons. The minimum Gasteiger partial charge on any atom is -0.396 e. The first-order valence-corrected chi connectivity index (χ1v) is 6.88. The zero-order valence-electron chi connectivity index (χ0n) is 11.2. The van der Waals surface area contributed by atoms with Crippen LogP contribution in [-0.2, 0) is 12.7 Å². The molecule has 1 fully saturated rings. The van der Waals surface area contributed by atoms with E-state index >= 15 is 0 Å². The van der Waals surface area contributed by atoms with Gasteiger partial charge in [0, 0.05) is 25.4 Å². The highest BCUT2D eigenvalue weighted by atomic mass is 19.4. The Morgan fingerprint density at radius 1 is 1.35 bits per heavy atom. The monoisotopic (exact) mass is 288 g/mol.